The van der Waals surface area contributed by atoms with E-state index >= 15 is 0 Å². The topological polar surface area (TPSA) is 3.24 Å². The summed E-state index contributed by atoms with van der Waals surface area (Å²) in [4.78, 5) is 2.48. The van der Waals surface area contributed by atoms with Gasteiger partial charge < -0.3 is 4.90 Å². The highest BCUT2D eigenvalue weighted by atomic mass is 15.2. The number of fused-ring (bicyclic) bond motifs is 4. The number of aryl methyl sites for hydroxylation is 1. The summed E-state index contributed by atoms with van der Waals surface area (Å²) in [6.45, 7) is 2.26. The second-order valence-corrected chi connectivity index (χ2v) is 7.45. The maximum Gasteiger partial charge on any atom is 0.0531 e. The summed E-state index contributed by atoms with van der Waals surface area (Å²) in [7, 11) is 0. The molecule has 0 radical (unpaired) electrons. The minimum Gasteiger partial charge on any atom is -0.310 e. The monoisotopic (exact) mass is 325 g/mol. The van der Waals surface area contributed by atoms with Gasteiger partial charge in [0.15, 0.2) is 0 Å². The van der Waals surface area contributed by atoms with Gasteiger partial charge in [-0.1, -0.05) is 67.4 Å². The Labute approximate surface area is 149 Å². The molecule has 0 amide bonds. The largest absolute Gasteiger partial charge is 0.310 e. The Morgan fingerprint density at radius 2 is 1.40 bits per heavy atom. The van der Waals surface area contributed by atoms with Crippen LogP contribution in [0, 0.1) is 6.92 Å². The van der Waals surface area contributed by atoms with Crippen LogP contribution in [0.15, 0.2) is 72.8 Å². The van der Waals surface area contributed by atoms with E-state index in [0.29, 0.717) is 0 Å². The first kappa shape index (κ1) is 14.8. The van der Waals surface area contributed by atoms with Gasteiger partial charge in [0.25, 0.3) is 0 Å². The van der Waals surface area contributed by atoms with Crippen molar-refractivity contribution in [1.29, 1.82) is 0 Å². The summed E-state index contributed by atoms with van der Waals surface area (Å²) in [5, 5.41) is 0. The molecule has 25 heavy (non-hydrogen) atoms. The van der Waals surface area contributed by atoms with Gasteiger partial charge in [0.05, 0.1) is 11.4 Å². The predicted octanol–water partition coefficient (Wildman–Crippen LogP) is 6.64. The standard InChI is InChI=1S/C24H23N/c1-18-10-9-14-21-23(18)25(19-11-3-2-4-12-19)22-15-6-5-13-20(22)24(21)16-7-8-17-24/h2-6,9-15H,7-8,16-17H2,1H3. The van der Waals surface area contributed by atoms with Gasteiger partial charge in [0.1, 0.15) is 0 Å². The first-order chi connectivity index (χ1) is 12.3. The molecule has 3 aromatic carbocycles. The van der Waals surface area contributed by atoms with E-state index in [1.165, 1.54) is 59.4 Å². The van der Waals surface area contributed by atoms with E-state index in [2.05, 4.69) is 84.6 Å². The molecule has 0 atom stereocenters. The molecule has 1 nitrogen and oxygen atoms in total. The van der Waals surface area contributed by atoms with Crippen molar-refractivity contribution in [2.24, 2.45) is 0 Å². The average Bonchev–Trinajstić information content (AvgIpc) is 3.14. The molecular weight excluding hydrogens is 302 g/mol. The van der Waals surface area contributed by atoms with Crippen molar-refractivity contribution in [1.82, 2.24) is 0 Å². The summed E-state index contributed by atoms with van der Waals surface area (Å²) >= 11 is 0. The molecule has 0 saturated heterocycles. The Morgan fingerprint density at radius 3 is 2.20 bits per heavy atom. The van der Waals surface area contributed by atoms with Crippen molar-refractivity contribution in [2.75, 3.05) is 4.90 Å². The van der Waals surface area contributed by atoms with E-state index in [1.54, 1.807) is 0 Å². The third-order valence-electron chi connectivity index (χ3n) is 6.11. The molecule has 1 spiro atoms. The number of benzene rings is 3. The maximum absolute atomic E-state index is 2.48. The zero-order valence-electron chi connectivity index (χ0n) is 14.7. The summed E-state index contributed by atoms with van der Waals surface area (Å²) < 4.78 is 0. The van der Waals surface area contributed by atoms with Crippen LogP contribution in [0.3, 0.4) is 0 Å². The van der Waals surface area contributed by atoms with Gasteiger partial charge in [0, 0.05) is 11.1 Å². The minimum atomic E-state index is 0.198. The molecule has 2 aliphatic rings. The van der Waals surface area contributed by atoms with Crippen LogP contribution in [-0.4, -0.2) is 0 Å². The van der Waals surface area contributed by atoms with Gasteiger partial charge in [-0.15, -0.1) is 0 Å². The van der Waals surface area contributed by atoms with E-state index in [0.717, 1.165) is 0 Å². The van der Waals surface area contributed by atoms with Crippen molar-refractivity contribution < 1.29 is 0 Å². The molecule has 3 aromatic rings. The van der Waals surface area contributed by atoms with Crippen LogP contribution < -0.4 is 4.90 Å². The molecule has 0 unspecified atom stereocenters. The molecule has 1 heteroatoms. The Hall–Kier alpha value is -2.54. The maximum atomic E-state index is 2.48. The fourth-order valence-corrected chi connectivity index (χ4v) is 5.04. The molecule has 1 saturated carbocycles. The first-order valence-corrected chi connectivity index (χ1v) is 9.36. The Kier molecular flexibility index (Phi) is 3.24. The SMILES string of the molecule is Cc1cccc2c1N(c1ccccc1)c1ccccc1C21CCCC1. The zero-order valence-corrected chi connectivity index (χ0v) is 14.7. The third-order valence-corrected chi connectivity index (χ3v) is 6.11. The van der Waals surface area contributed by atoms with Gasteiger partial charge in [-0.3, -0.25) is 0 Å². The van der Waals surface area contributed by atoms with E-state index in [-0.39, 0.29) is 5.41 Å². The number of rotatable bonds is 1. The highest BCUT2D eigenvalue weighted by Gasteiger charge is 2.45. The van der Waals surface area contributed by atoms with E-state index in [4.69, 9.17) is 0 Å². The molecule has 1 fully saturated rings. The zero-order chi connectivity index (χ0) is 16.9. The van der Waals surface area contributed by atoms with Crippen molar-refractivity contribution in [3.05, 3.63) is 89.5 Å². The lowest BCUT2D eigenvalue weighted by Crippen LogP contribution is -2.33. The predicted molar refractivity (Wildman–Crippen MR) is 105 cm³/mol. The highest BCUT2D eigenvalue weighted by Crippen LogP contribution is 2.58. The van der Waals surface area contributed by atoms with Crippen LogP contribution in [0.5, 0.6) is 0 Å². The van der Waals surface area contributed by atoms with Gasteiger partial charge in [0.2, 0.25) is 0 Å². The molecule has 0 N–H and O–H groups in total. The van der Waals surface area contributed by atoms with Crippen LogP contribution >= 0.6 is 0 Å². The number of hydrogen-bond donors (Lipinski definition) is 0. The van der Waals surface area contributed by atoms with Crippen LogP contribution in [0.1, 0.15) is 42.4 Å². The molecule has 0 aromatic heterocycles. The van der Waals surface area contributed by atoms with Crippen molar-refractivity contribution in [2.45, 2.75) is 38.0 Å². The fraction of sp³-hybridized carbons (Fsp3) is 0.250. The lowest BCUT2D eigenvalue weighted by molar-refractivity contribution is 0.529. The van der Waals surface area contributed by atoms with Crippen LogP contribution in [0.2, 0.25) is 0 Å². The normalized spacial score (nSPS) is 17.4. The molecule has 124 valence electrons. The molecule has 1 aliphatic heterocycles. The summed E-state index contributed by atoms with van der Waals surface area (Å²) in [6, 6.07) is 26.7. The van der Waals surface area contributed by atoms with Crippen molar-refractivity contribution in [3.63, 3.8) is 0 Å². The summed E-state index contributed by atoms with van der Waals surface area (Å²) in [6.07, 6.45) is 5.19. The minimum absolute atomic E-state index is 0.198. The van der Waals surface area contributed by atoms with Crippen molar-refractivity contribution >= 4 is 17.1 Å². The average molecular weight is 325 g/mol. The Morgan fingerprint density at radius 1 is 0.720 bits per heavy atom. The second kappa shape index (κ2) is 5.49. The third kappa shape index (κ3) is 2.02. The van der Waals surface area contributed by atoms with E-state index in [9.17, 15) is 0 Å². The lowest BCUT2D eigenvalue weighted by atomic mass is 9.69. The van der Waals surface area contributed by atoms with Crippen LogP contribution in [0.25, 0.3) is 0 Å². The van der Waals surface area contributed by atoms with Gasteiger partial charge in [-0.2, -0.15) is 0 Å². The summed E-state index contributed by atoms with van der Waals surface area (Å²) in [5.41, 5.74) is 8.60. The van der Waals surface area contributed by atoms with Gasteiger partial charge >= 0.3 is 0 Å². The van der Waals surface area contributed by atoms with Gasteiger partial charge in [-0.25, -0.2) is 0 Å². The van der Waals surface area contributed by atoms with Crippen LogP contribution in [-0.2, 0) is 5.41 Å². The Bertz CT molecular complexity index is 920. The number of anilines is 3. The first-order valence-electron chi connectivity index (χ1n) is 9.36. The smallest absolute Gasteiger partial charge is 0.0531 e. The number of para-hydroxylation sites is 3. The lowest BCUT2D eigenvalue weighted by Gasteiger charge is -2.44. The van der Waals surface area contributed by atoms with Crippen molar-refractivity contribution in [3.8, 4) is 0 Å². The van der Waals surface area contributed by atoms with E-state index in [1.807, 2.05) is 0 Å². The quantitative estimate of drug-likeness (QED) is 0.485. The number of hydrogen-bond acceptors (Lipinski definition) is 1. The highest BCUT2D eigenvalue weighted by molar-refractivity contribution is 5.87. The molecule has 5 rings (SSSR count). The molecular formula is C24H23N. The number of nitrogens with zero attached hydrogens (tertiary/aromatic N) is 1. The fourth-order valence-electron chi connectivity index (χ4n) is 5.04. The Balaban J connectivity index is 1.87. The molecule has 1 heterocycles. The van der Waals surface area contributed by atoms with Crippen LogP contribution in [0.4, 0.5) is 17.1 Å². The summed E-state index contributed by atoms with van der Waals surface area (Å²) in [5.74, 6) is 0. The van der Waals surface area contributed by atoms with Gasteiger partial charge in [-0.05, 0) is 54.7 Å². The van der Waals surface area contributed by atoms with E-state index < -0.39 is 0 Å². The second-order valence-electron chi connectivity index (χ2n) is 7.45. The molecule has 1 aliphatic carbocycles. The molecule has 0 bridgehead atoms.